The Morgan fingerprint density at radius 2 is 1.91 bits per heavy atom. The van der Waals surface area contributed by atoms with Crippen LogP contribution >= 0.6 is 0 Å². The van der Waals surface area contributed by atoms with Crippen LogP contribution in [0.4, 0.5) is 4.79 Å². The summed E-state index contributed by atoms with van der Waals surface area (Å²) >= 11 is 0. The van der Waals surface area contributed by atoms with Gasteiger partial charge >= 0.3 is 12.1 Å². The van der Waals surface area contributed by atoms with Gasteiger partial charge in [-0.1, -0.05) is 0 Å². The average molecular weight is 305 g/mol. The molecule has 1 N–H and O–H groups in total. The number of ether oxygens (including phenoxy) is 2. The van der Waals surface area contributed by atoms with Crippen molar-refractivity contribution in [2.24, 2.45) is 0 Å². The Labute approximate surface area is 128 Å². The summed E-state index contributed by atoms with van der Waals surface area (Å²) < 4.78 is 11.4. The van der Waals surface area contributed by atoms with Crippen molar-refractivity contribution in [3.63, 3.8) is 0 Å². The highest BCUT2D eigenvalue weighted by atomic mass is 16.6. The molecular formula is C16H19NO5. The molecule has 2 aromatic rings. The van der Waals surface area contributed by atoms with Crippen LogP contribution in [-0.4, -0.2) is 33.9 Å². The van der Waals surface area contributed by atoms with Crippen molar-refractivity contribution in [2.75, 3.05) is 6.61 Å². The Hall–Kier alpha value is -2.50. The first-order valence-corrected chi connectivity index (χ1v) is 6.98. The lowest BCUT2D eigenvalue weighted by Gasteiger charge is -2.20. The van der Waals surface area contributed by atoms with Crippen LogP contribution in [-0.2, 0) is 9.47 Å². The maximum Gasteiger partial charge on any atom is 0.419 e. The summed E-state index contributed by atoms with van der Waals surface area (Å²) in [7, 11) is 0. The molecule has 0 unspecified atom stereocenters. The van der Waals surface area contributed by atoms with Crippen molar-refractivity contribution in [1.82, 2.24) is 4.57 Å². The summed E-state index contributed by atoms with van der Waals surface area (Å²) in [5.74, 6) is -0.630. The number of phenolic OH excluding ortho intramolecular Hbond substituents is 1. The Morgan fingerprint density at radius 3 is 2.50 bits per heavy atom. The van der Waals surface area contributed by atoms with Gasteiger partial charge in [-0.3, -0.25) is 0 Å². The van der Waals surface area contributed by atoms with E-state index in [-0.39, 0.29) is 18.1 Å². The van der Waals surface area contributed by atoms with Crippen LogP contribution in [0.3, 0.4) is 0 Å². The van der Waals surface area contributed by atoms with Gasteiger partial charge in [0.1, 0.15) is 17.0 Å². The van der Waals surface area contributed by atoms with Crippen LogP contribution in [0.2, 0.25) is 0 Å². The first kappa shape index (κ1) is 15.9. The first-order chi connectivity index (χ1) is 10.2. The zero-order chi connectivity index (χ0) is 16.5. The van der Waals surface area contributed by atoms with E-state index in [4.69, 9.17) is 9.47 Å². The maximum absolute atomic E-state index is 12.4. The van der Waals surface area contributed by atoms with E-state index >= 15 is 0 Å². The molecule has 0 aliphatic heterocycles. The Morgan fingerprint density at radius 1 is 1.23 bits per heavy atom. The van der Waals surface area contributed by atoms with Crippen LogP contribution in [0.1, 0.15) is 38.2 Å². The largest absolute Gasteiger partial charge is 0.508 e. The molecule has 0 fully saturated rings. The fraction of sp³-hybridized carbons (Fsp3) is 0.375. The standard InChI is InChI=1S/C16H19NO5/c1-5-21-14(19)13-8-10-6-7-11(18)9-12(10)17(13)15(20)22-16(2,3)4/h6-9,18H,5H2,1-4H3. The van der Waals surface area contributed by atoms with Gasteiger partial charge in [0.2, 0.25) is 0 Å². The summed E-state index contributed by atoms with van der Waals surface area (Å²) in [5, 5.41) is 10.3. The molecule has 1 heterocycles. The maximum atomic E-state index is 12.4. The predicted molar refractivity (Wildman–Crippen MR) is 81.2 cm³/mol. The molecule has 1 aromatic carbocycles. The molecule has 6 heteroatoms. The predicted octanol–water partition coefficient (Wildman–Crippen LogP) is 3.31. The summed E-state index contributed by atoms with van der Waals surface area (Å²) in [6.07, 6.45) is -0.698. The van der Waals surface area contributed by atoms with Crippen LogP contribution in [0.5, 0.6) is 5.75 Å². The van der Waals surface area contributed by atoms with E-state index in [0.717, 1.165) is 4.57 Å². The highest BCUT2D eigenvalue weighted by Gasteiger charge is 2.25. The van der Waals surface area contributed by atoms with Crippen molar-refractivity contribution in [3.05, 3.63) is 30.0 Å². The van der Waals surface area contributed by atoms with Crippen LogP contribution in [0.15, 0.2) is 24.3 Å². The molecule has 0 amide bonds. The molecule has 118 valence electrons. The zero-order valence-electron chi connectivity index (χ0n) is 13.0. The van der Waals surface area contributed by atoms with Gasteiger partial charge < -0.3 is 14.6 Å². The molecule has 1 aromatic heterocycles. The zero-order valence-corrected chi connectivity index (χ0v) is 13.0. The second kappa shape index (κ2) is 5.71. The molecule has 0 spiro atoms. The molecule has 0 bridgehead atoms. The van der Waals surface area contributed by atoms with E-state index in [9.17, 15) is 14.7 Å². The number of aromatic hydroxyl groups is 1. The van der Waals surface area contributed by atoms with Gasteiger partial charge in [0.05, 0.1) is 12.1 Å². The van der Waals surface area contributed by atoms with Crippen molar-refractivity contribution in [2.45, 2.75) is 33.3 Å². The quantitative estimate of drug-likeness (QED) is 0.861. The number of fused-ring (bicyclic) bond motifs is 1. The minimum absolute atomic E-state index is 0.00850. The van der Waals surface area contributed by atoms with Crippen LogP contribution in [0, 0.1) is 0 Å². The first-order valence-electron chi connectivity index (χ1n) is 6.98. The number of phenols is 1. The molecule has 0 aliphatic carbocycles. The summed E-state index contributed by atoms with van der Waals surface area (Å²) in [6.45, 7) is 7.08. The molecule has 0 saturated carbocycles. The van der Waals surface area contributed by atoms with E-state index in [2.05, 4.69) is 0 Å². The lowest BCUT2D eigenvalue weighted by Crippen LogP contribution is -2.29. The van der Waals surface area contributed by atoms with E-state index in [1.165, 1.54) is 18.2 Å². The highest BCUT2D eigenvalue weighted by molar-refractivity contribution is 6.01. The van der Waals surface area contributed by atoms with Crippen LogP contribution < -0.4 is 0 Å². The van der Waals surface area contributed by atoms with E-state index < -0.39 is 17.7 Å². The number of hydrogen-bond donors (Lipinski definition) is 1. The molecule has 0 radical (unpaired) electrons. The third-order valence-electron chi connectivity index (χ3n) is 2.85. The van der Waals surface area contributed by atoms with Gasteiger partial charge in [0.25, 0.3) is 0 Å². The van der Waals surface area contributed by atoms with Gasteiger partial charge in [-0.2, -0.15) is 0 Å². The van der Waals surface area contributed by atoms with Gasteiger partial charge in [0.15, 0.2) is 0 Å². The molecule has 0 aliphatic rings. The minimum atomic E-state index is -0.712. The number of rotatable bonds is 2. The summed E-state index contributed by atoms with van der Waals surface area (Å²) in [4.78, 5) is 24.5. The molecule has 6 nitrogen and oxygen atoms in total. The Balaban J connectivity index is 2.61. The van der Waals surface area contributed by atoms with Gasteiger partial charge in [-0.25, -0.2) is 14.2 Å². The molecule has 0 saturated heterocycles. The fourth-order valence-electron chi connectivity index (χ4n) is 2.05. The van der Waals surface area contributed by atoms with Crippen molar-refractivity contribution in [1.29, 1.82) is 0 Å². The van der Waals surface area contributed by atoms with E-state index in [0.29, 0.717) is 10.9 Å². The van der Waals surface area contributed by atoms with E-state index in [1.54, 1.807) is 33.8 Å². The second-order valence-electron chi connectivity index (χ2n) is 5.81. The number of benzene rings is 1. The smallest absolute Gasteiger partial charge is 0.419 e. The number of nitrogens with zero attached hydrogens (tertiary/aromatic N) is 1. The highest BCUT2D eigenvalue weighted by Crippen LogP contribution is 2.26. The lowest BCUT2D eigenvalue weighted by molar-refractivity contribution is 0.0454. The molecule has 2 rings (SSSR count). The Kier molecular flexibility index (Phi) is 4.12. The summed E-state index contributed by atoms with van der Waals surface area (Å²) in [5.41, 5.74) is -0.259. The normalized spacial score (nSPS) is 11.5. The number of carbonyl (C=O) groups is 2. The third-order valence-corrected chi connectivity index (χ3v) is 2.85. The van der Waals surface area contributed by atoms with Gasteiger partial charge in [-0.05, 0) is 45.9 Å². The summed E-state index contributed by atoms with van der Waals surface area (Å²) in [6, 6.07) is 6.05. The second-order valence-corrected chi connectivity index (χ2v) is 5.81. The average Bonchev–Trinajstić information content (AvgIpc) is 2.75. The van der Waals surface area contributed by atoms with Crippen molar-refractivity contribution in [3.8, 4) is 5.75 Å². The third kappa shape index (κ3) is 3.21. The van der Waals surface area contributed by atoms with Crippen LogP contribution in [0.25, 0.3) is 10.9 Å². The fourth-order valence-corrected chi connectivity index (χ4v) is 2.05. The molecular weight excluding hydrogens is 286 g/mol. The van der Waals surface area contributed by atoms with E-state index in [1.807, 2.05) is 0 Å². The topological polar surface area (TPSA) is 77.8 Å². The number of esters is 1. The van der Waals surface area contributed by atoms with Crippen molar-refractivity contribution < 1.29 is 24.2 Å². The Bertz CT molecular complexity index is 724. The minimum Gasteiger partial charge on any atom is -0.508 e. The molecule has 0 atom stereocenters. The lowest BCUT2D eigenvalue weighted by atomic mass is 10.2. The number of aromatic nitrogens is 1. The monoisotopic (exact) mass is 305 g/mol. The van der Waals surface area contributed by atoms with Crippen molar-refractivity contribution >= 4 is 23.0 Å². The SMILES string of the molecule is CCOC(=O)c1cc2ccc(O)cc2n1C(=O)OC(C)(C)C. The van der Waals surface area contributed by atoms with Gasteiger partial charge in [-0.15, -0.1) is 0 Å². The number of carbonyl (C=O) groups excluding carboxylic acids is 2. The molecule has 22 heavy (non-hydrogen) atoms. The van der Waals surface area contributed by atoms with Gasteiger partial charge in [0, 0.05) is 11.5 Å². The number of hydrogen-bond acceptors (Lipinski definition) is 5.